The maximum absolute atomic E-state index is 11.1. The van der Waals surface area contributed by atoms with Crippen LogP contribution in [-0.4, -0.2) is 48.7 Å². The summed E-state index contributed by atoms with van der Waals surface area (Å²) in [7, 11) is 0. The molecule has 0 saturated carbocycles. The van der Waals surface area contributed by atoms with E-state index in [9.17, 15) is 4.79 Å². The number of carboxylic acid groups (broad SMARTS) is 1. The highest BCUT2D eigenvalue weighted by Gasteiger charge is 2.28. The van der Waals surface area contributed by atoms with Crippen molar-refractivity contribution in [3.63, 3.8) is 0 Å². The second-order valence-electron chi connectivity index (χ2n) is 6.25. The Labute approximate surface area is 131 Å². The van der Waals surface area contributed by atoms with Crippen LogP contribution < -0.4 is 4.90 Å². The van der Waals surface area contributed by atoms with Crippen molar-refractivity contribution in [1.82, 2.24) is 4.90 Å². The highest BCUT2D eigenvalue weighted by Crippen LogP contribution is 2.23. The van der Waals surface area contributed by atoms with Crippen LogP contribution in [0.25, 0.3) is 0 Å². The number of hydrogen-bond acceptors (Lipinski definition) is 3. The molecule has 0 radical (unpaired) electrons. The number of benzene rings is 1. The molecule has 1 heterocycles. The smallest absolute Gasteiger partial charge is 0.309 e. The Bertz CT molecular complexity index is 497. The predicted octanol–water partition coefficient (Wildman–Crippen LogP) is 2.96. The number of aliphatic carboxylic acids is 1. The van der Waals surface area contributed by atoms with E-state index in [1.54, 1.807) is 13.8 Å². The summed E-state index contributed by atoms with van der Waals surface area (Å²) in [4.78, 5) is 15.8. The highest BCUT2D eigenvalue weighted by molar-refractivity contribution is 6.30. The van der Waals surface area contributed by atoms with Crippen molar-refractivity contribution in [2.75, 3.05) is 37.6 Å². The third-order valence-electron chi connectivity index (χ3n) is 4.18. The molecule has 1 aliphatic rings. The van der Waals surface area contributed by atoms with Gasteiger partial charge < -0.3 is 10.0 Å². The highest BCUT2D eigenvalue weighted by atomic mass is 35.5. The number of nitrogens with zero attached hydrogens (tertiary/aromatic N) is 2. The first-order valence-corrected chi connectivity index (χ1v) is 7.72. The van der Waals surface area contributed by atoms with Crippen LogP contribution in [0, 0.1) is 5.41 Å². The number of hydrogen-bond donors (Lipinski definition) is 1. The Hall–Kier alpha value is -1.26. The van der Waals surface area contributed by atoms with Crippen molar-refractivity contribution < 1.29 is 9.90 Å². The molecule has 1 fully saturated rings. The van der Waals surface area contributed by atoms with E-state index in [1.165, 1.54) is 0 Å². The largest absolute Gasteiger partial charge is 0.481 e. The fourth-order valence-corrected chi connectivity index (χ4v) is 2.63. The molecule has 1 saturated heterocycles. The Kier molecular flexibility index (Phi) is 5.12. The summed E-state index contributed by atoms with van der Waals surface area (Å²) in [6.07, 6.45) is 0.680. The summed E-state index contributed by atoms with van der Waals surface area (Å²) in [6, 6.07) is 7.93. The van der Waals surface area contributed by atoms with Gasteiger partial charge in [0.05, 0.1) is 5.41 Å². The zero-order valence-electron chi connectivity index (χ0n) is 12.7. The van der Waals surface area contributed by atoms with Crippen molar-refractivity contribution in [3.05, 3.63) is 29.3 Å². The van der Waals surface area contributed by atoms with Gasteiger partial charge in [-0.2, -0.15) is 0 Å². The molecule has 21 heavy (non-hydrogen) atoms. The molecule has 0 spiro atoms. The van der Waals surface area contributed by atoms with Gasteiger partial charge in [-0.15, -0.1) is 0 Å². The normalized spacial score (nSPS) is 17.0. The van der Waals surface area contributed by atoms with Gasteiger partial charge in [-0.25, -0.2) is 0 Å². The summed E-state index contributed by atoms with van der Waals surface area (Å²) >= 11 is 6.03. The first-order chi connectivity index (χ1) is 9.88. The van der Waals surface area contributed by atoms with Gasteiger partial charge in [-0.3, -0.25) is 9.69 Å². The zero-order chi connectivity index (χ0) is 15.5. The Balaban J connectivity index is 1.82. The number of carbonyl (C=O) groups is 1. The molecule has 1 aromatic rings. The average Bonchev–Trinajstić information content (AvgIpc) is 2.45. The molecule has 1 aliphatic heterocycles. The predicted molar refractivity (Wildman–Crippen MR) is 86.1 cm³/mol. The second-order valence-corrected chi connectivity index (χ2v) is 6.68. The van der Waals surface area contributed by atoms with Crippen LogP contribution in [-0.2, 0) is 4.79 Å². The lowest BCUT2D eigenvalue weighted by Gasteiger charge is -2.37. The molecule has 1 N–H and O–H groups in total. The zero-order valence-corrected chi connectivity index (χ0v) is 13.4. The van der Waals surface area contributed by atoms with E-state index in [0.717, 1.165) is 43.4 Å². The van der Waals surface area contributed by atoms with Gasteiger partial charge in [-0.1, -0.05) is 17.7 Å². The summed E-state index contributed by atoms with van der Waals surface area (Å²) < 4.78 is 0. The van der Waals surface area contributed by atoms with Crippen LogP contribution in [0.3, 0.4) is 0 Å². The Morgan fingerprint density at radius 2 is 1.95 bits per heavy atom. The van der Waals surface area contributed by atoms with E-state index in [2.05, 4.69) is 15.9 Å². The minimum Gasteiger partial charge on any atom is -0.481 e. The summed E-state index contributed by atoms with van der Waals surface area (Å²) in [5, 5.41) is 9.91. The average molecular weight is 311 g/mol. The third kappa shape index (κ3) is 4.35. The van der Waals surface area contributed by atoms with Gasteiger partial charge in [0, 0.05) is 36.9 Å². The quantitative estimate of drug-likeness (QED) is 0.908. The molecule has 1 aromatic carbocycles. The number of anilines is 1. The fraction of sp³-hybridized carbons (Fsp3) is 0.562. The van der Waals surface area contributed by atoms with E-state index in [4.69, 9.17) is 16.7 Å². The lowest BCUT2D eigenvalue weighted by Crippen LogP contribution is -2.47. The monoisotopic (exact) mass is 310 g/mol. The number of rotatable bonds is 5. The van der Waals surface area contributed by atoms with Crippen molar-refractivity contribution in [2.45, 2.75) is 20.3 Å². The molecule has 116 valence electrons. The molecule has 0 bridgehead atoms. The van der Waals surface area contributed by atoms with Crippen LogP contribution in [0.1, 0.15) is 20.3 Å². The minimum absolute atomic E-state index is 0.649. The first kappa shape index (κ1) is 16.1. The lowest BCUT2D eigenvalue weighted by molar-refractivity contribution is -0.147. The van der Waals surface area contributed by atoms with Crippen LogP contribution >= 0.6 is 11.6 Å². The first-order valence-electron chi connectivity index (χ1n) is 7.35. The molecule has 0 aromatic heterocycles. The molecule has 4 nitrogen and oxygen atoms in total. The van der Waals surface area contributed by atoms with Crippen molar-refractivity contribution >= 4 is 23.3 Å². The van der Waals surface area contributed by atoms with Crippen molar-refractivity contribution in [3.8, 4) is 0 Å². The standard InChI is InChI=1S/C16H23ClN2O2/c1-16(2,15(20)21)6-7-18-8-10-19(11-9-18)14-5-3-4-13(17)12-14/h3-5,12H,6-11H2,1-2H3,(H,20,21). The molecule has 5 heteroatoms. The lowest BCUT2D eigenvalue weighted by atomic mass is 9.89. The maximum atomic E-state index is 11.1. The number of piperazine rings is 1. The van der Waals surface area contributed by atoms with Crippen molar-refractivity contribution in [1.29, 1.82) is 0 Å². The van der Waals surface area contributed by atoms with E-state index in [0.29, 0.717) is 6.42 Å². The van der Waals surface area contributed by atoms with E-state index in [-0.39, 0.29) is 0 Å². The maximum Gasteiger partial charge on any atom is 0.309 e. The second kappa shape index (κ2) is 6.67. The third-order valence-corrected chi connectivity index (χ3v) is 4.41. The van der Waals surface area contributed by atoms with E-state index in [1.807, 2.05) is 18.2 Å². The van der Waals surface area contributed by atoms with Crippen LogP contribution in [0.15, 0.2) is 24.3 Å². The molecule has 0 unspecified atom stereocenters. The summed E-state index contributed by atoms with van der Waals surface area (Å²) in [6.45, 7) is 8.24. The van der Waals surface area contributed by atoms with Gasteiger partial charge in [0.25, 0.3) is 0 Å². The number of carboxylic acids is 1. The van der Waals surface area contributed by atoms with Gasteiger partial charge in [0.2, 0.25) is 0 Å². The topological polar surface area (TPSA) is 43.8 Å². The molecular weight excluding hydrogens is 288 g/mol. The minimum atomic E-state index is -0.722. The molecule has 0 amide bonds. The SMILES string of the molecule is CC(C)(CCN1CCN(c2cccc(Cl)c2)CC1)C(=O)O. The van der Waals surface area contributed by atoms with Crippen LogP contribution in [0.4, 0.5) is 5.69 Å². The molecule has 0 atom stereocenters. The Morgan fingerprint density at radius 3 is 2.52 bits per heavy atom. The fourth-order valence-electron chi connectivity index (χ4n) is 2.45. The van der Waals surface area contributed by atoms with Gasteiger partial charge in [-0.05, 0) is 45.0 Å². The van der Waals surface area contributed by atoms with Gasteiger partial charge in [0.15, 0.2) is 0 Å². The van der Waals surface area contributed by atoms with Gasteiger partial charge in [0.1, 0.15) is 0 Å². The van der Waals surface area contributed by atoms with Crippen LogP contribution in [0.5, 0.6) is 0 Å². The van der Waals surface area contributed by atoms with Gasteiger partial charge >= 0.3 is 5.97 Å². The summed E-state index contributed by atoms with van der Waals surface area (Å²) in [5.74, 6) is -0.722. The van der Waals surface area contributed by atoms with E-state index < -0.39 is 11.4 Å². The Morgan fingerprint density at radius 1 is 1.29 bits per heavy atom. The van der Waals surface area contributed by atoms with Crippen molar-refractivity contribution in [2.24, 2.45) is 5.41 Å². The van der Waals surface area contributed by atoms with E-state index >= 15 is 0 Å². The molecule has 2 rings (SSSR count). The summed E-state index contributed by atoms with van der Waals surface area (Å²) in [5.41, 5.74) is 0.511. The van der Waals surface area contributed by atoms with Crippen LogP contribution in [0.2, 0.25) is 5.02 Å². The molecular formula is C16H23ClN2O2. The molecule has 0 aliphatic carbocycles. The number of halogens is 1.